The van der Waals surface area contributed by atoms with E-state index in [-0.39, 0.29) is 53.4 Å². The average molecular weight is 585 g/mol. The molecule has 0 aliphatic rings. The van der Waals surface area contributed by atoms with Gasteiger partial charge < -0.3 is 21.7 Å². The van der Waals surface area contributed by atoms with E-state index < -0.39 is 53.9 Å². The zero-order valence-electron chi connectivity index (χ0n) is 18.5. The Morgan fingerprint density at radius 2 is 1.47 bits per heavy atom. The van der Waals surface area contributed by atoms with Crippen LogP contribution in [-0.4, -0.2) is 84.9 Å². The van der Waals surface area contributed by atoms with Crippen LogP contribution in [-0.2, 0) is 25.0 Å². The Morgan fingerprint density at radius 1 is 0.917 bits per heavy atom. The Labute approximate surface area is 215 Å². The van der Waals surface area contributed by atoms with E-state index in [1.54, 1.807) is 0 Å². The second-order valence-corrected chi connectivity index (χ2v) is 13.0. The molecule has 15 nitrogen and oxygen atoms in total. The SMILES string of the molecule is Nc1nc(O)cc(C(CC(=O)CC(SCCS(=O)(=O)O)c2ncc(O)c(N)n2)SCCS(=O)(=O)O)n1. The van der Waals surface area contributed by atoms with E-state index in [0.29, 0.717) is 0 Å². The van der Waals surface area contributed by atoms with E-state index >= 15 is 0 Å². The van der Waals surface area contributed by atoms with E-state index in [2.05, 4.69) is 19.9 Å². The molecule has 8 N–H and O–H groups in total. The number of aromatic hydroxyl groups is 2. The zero-order chi connectivity index (χ0) is 27.1. The maximum absolute atomic E-state index is 13.0. The molecular formula is C17H24N6O9S4. The van der Waals surface area contributed by atoms with Crippen LogP contribution < -0.4 is 11.5 Å². The van der Waals surface area contributed by atoms with E-state index in [9.17, 15) is 31.8 Å². The first-order valence-corrected chi connectivity index (χ1v) is 15.2. The number of nitrogens with zero attached hydrogens (tertiary/aromatic N) is 4. The molecule has 0 bridgehead atoms. The predicted molar refractivity (Wildman–Crippen MR) is 134 cm³/mol. The van der Waals surface area contributed by atoms with Crippen molar-refractivity contribution in [1.29, 1.82) is 0 Å². The fourth-order valence-corrected chi connectivity index (χ4v) is 6.94. The van der Waals surface area contributed by atoms with Crippen LogP contribution in [0.15, 0.2) is 12.3 Å². The lowest BCUT2D eigenvalue weighted by molar-refractivity contribution is -0.119. The molecule has 0 fully saturated rings. The first kappa shape index (κ1) is 29.8. The number of nitrogen functional groups attached to an aromatic ring is 2. The standard InChI is InChI=1S/C17H24N6O9S4/c18-15-11(25)8-20-16(23-15)13(34-2-4-36(30,31)32)6-9(24)5-12(33-1-3-35(27,28)29)10-7-14(26)22-17(19)21-10/h7-8,12-13,25H,1-6H2,(H2,18,20,23)(H,27,28,29)(H,30,31,32)(H3,19,21,22,26). The normalized spacial score (nSPS) is 13.8. The van der Waals surface area contributed by atoms with Crippen molar-refractivity contribution in [2.45, 2.75) is 23.3 Å². The summed E-state index contributed by atoms with van der Waals surface area (Å²) >= 11 is 1.94. The van der Waals surface area contributed by atoms with Crippen LogP contribution in [0.25, 0.3) is 0 Å². The lowest BCUT2D eigenvalue weighted by atomic mass is 10.1. The highest BCUT2D eigenvalue weighted by Gasteiger charge is 2.26. The summed E-state index contributed by atoms with van der Waals surface area (Å²) in [5.41, 5.74) is 11.3. The molecule has 2 rings (SSSR count). The van der Waals surface area contributed by atoms with Gasteiger partial charge in [-0.05, 0) is 0 Å². The van der Waals surface area contributed by atoms with Gasteiger partial charge in [0.2, 0.25) is 11.8 Å². The lowest BCUT2D eigenvalue weighted by Gasteiger charge is -2.18. The molecule has 2 aromatic rings. The van der Waals surface area contributed by atoms with Crippen molar-refractivity contribution in [2.24, 2.45) is 0 Å². The van der Waals surface area contributed by atoms with Crippen molar-refractivity contribution in [1.82, 2.24) is 19.9 Å². The molecule has 0 aliphatic heterocycles. The monoisotopic (exact) mass is 584 g/mol. The summed E-state index contributed by atoms with van der Waals surface area (Å²) in [5.74, 6) is -3.14. The number of carbonyl (C=O) groups excluding carboxylic acids is 1. The van der Waals surface area contributed by atoms with Crippen molar-refractivity contribution < 1.29 is 40.9 Å². The number of ketones is 1. The number of rotatable bonds is 14. The summed E-state index contributed by atoms with van der Waals surface area (Å²) in [6.07, 6.45) is 0.566. The van der Waals surface area contributed by atoms with Crippen LogP contribution >= 0.6 is 23.5 Å². The van der Waals surface area contributed by atoms with Crippen molar-refractivity contribution in [2.75, 3.05) is 34.5 Å². The first-order valence-electron chi connectivity index (χ1n) is 9.93. The second-order valence-electron chi connectivity index (χ2n) is 7.25. The Bertz CT molecular complexity index is 1270. The summed E-state index contributed by atoms with van der Waals surface area (Å²) in [6.45, 7) is 0. The lowest BCUT2D eigenvalue weighted by Crippen LogP contribution is -2.15. The summed E-state index contributed by atoms with van der Waals surface area (Å²) in [6, 6.07) is 1.16. The third-order valence-electron chi connectivity index (χ3n) is 4.33. The minimum Gasteiger partial charge on any atom is -0.503 e. The molecule has 36 heavy (non-hydrogen) atoms. The van der Waals surface area contributed by atoms with Gasteiger partial charge >= 0.3 is 0 Å². The Balaban J connectivity index is 2.24. The molecular weight excluding hydrogens is 560 g/mol. The largest absolute Gasteiger partial charge is 0.503 e. The van der Waals surface area contributed by atoms with Crippen molar-refractivity contribution in [3.8, 4) is 11.6 Å². The van der Waals surface area contributed by atoms with Gasteiger partial charge in [0.05, 0.1) is 33.9 Å². The zero-order valence-corrected chi connectivity index (χ0v) is 21.7. The molecule has 0 radical (unpaired) electrons. The van der Waals surface area contributed by atoms with Gasteiger partial charge in [-0.3, -0.25) is 13.9 Å². The second kappa shape index (κ2) is 12.7. The van der Waals surface area contributed by atoms with Crippen molar-refractivity contribution in [3.63, 3.8) is 0 Å². The highest BCUT2D eigenvalue weighted by atomic mass is 32.2. The Hall–Kier alpha value is -2.45. The smallest absolute Gasteiger partial charge is 0.265 e. The molecule has 0 spiro atoms. The number of hydrogen-bond acceptors (Lipinski definition) is 15. The molecule has 2 heterocycles. The molecule has 0 amide bonds. The van der Waals surface area contributed by atoms with Crippen LogP contribution in [0, 0.1) is 0 Å². The number of carbonyl (C=O) groups is 1. The predicted octanol–water partition coefficient (Wildman–Crippen LogP) is 0.216. The fourth-order valence-electron chi connectivity index (χ4n) is 2.76. The van der Waals surface area contributed by atoms with Gasteiger partial charge in [0.15, 0.2) is 11.6 Å². The van der Waals surface area contributed by atoms with Crippen molar-refractivity contribution in [3.05, 3.63) is 23.8 Å². The van der Waals surface area contributed by atoms with E-state index in [1.165, 1.54) is 0 Å². The summed E-state index contributed by atoms with van der Waals surface area (Å²) in [5, 5.41) is 17.7. The molecule has 0 aliphatic carbocycles. The van der Waals surface area contributed by atoms with Crippen LogP contribution in [0.1, 0.15) is 34.9 Å². The van der Waals surface area contributed by atoms with Gasteiger partial charge in [0.1, 0.15) is 11.6 Å². The quantitative estimate of drug-likeness (QED) is 0.162. The highest BCUT2D eigenvalue weighted by molar-refractivity contribution is 8.00. The molecule has 0 saturated carbocycles. The summed E-state index contributed by atoms with van der Waals surface area (Å²) in [4.78, 5) is 28.4. The third kappa shape index (κ3) is 10.7. The molecule has 0 saturated heterocycles. The van der Waals surface area contributed by atoms with E-state index in [0.717, 1.165) is 35.8 Å². The van der Waals surface area contributed by atoms with E-state index in [4.69, 9.17) is 20.6 Å². The third-order valence-corrected chi connectivity index (χ3v) is 8.76. The summed E-state index contributed by atoms with van der Waals surface area (Å²) in [7, 11) is -8.53. The maximum Gasteiger partial charge on any atom is 0.265 e. The van der Waals surface area contributed by atoms with Crippen LogP contribution in [0.5, 0.6) is 11.6 Å². The number of thioether (sulfide) groups is 2. The minimum atomic E-state index is -4.27. The van der Waals surface area contributed by atoms with Crippen LogP contribution in [0.3, 0.4) is 0 Å². The van der Waals surface area contributed by atoms with E-state index in [1.807, 2.05) is 0 Å². The molecule has 2 aromatic heterocycles. The first-order chi connectivity index (χ1) is 16.6. The van der Waals surface area contributed by atoms with Gasteiger partial charge in [0.25, 0.3) is 20.2 Å². The van der Waals surface area contributed by atoms with Crippen LogP contribution in [0.2, 0.25) is 0 Å². The Morgan fingerprint density at radius 3 is 2.00 bits per heavy atom. The average Bonchev–Trinajstić information content (AvgIpc) is 2.72. The maximum atomic E-state index is 13.0. The highest BCUT2D eigenvalue weighted by Crippen LogP contribution is 2.37. The van der Waals surface area contributed by atoms with Crippen molar-refractivity contribution >= 4 is 61.3 Å². The molecule has 200 valence electrons. The molecule has 2 atom stereocenters. The molecule has 2 unspecified atom stereocenters. The number of nitrogens with two attached hydrogens (primary N) is 2. The van der Waals surface area contributed by atoms with Gasteiger partial charge in [-0.15, -0.1) is 11.8 Å². The number of aromatic nitrogens is 4. The van der Waals surface area contributed by atoms with Gasteiger partial charge in [-0.2, -0.15) is 33.6 Å². The van der Waals surface area contributed by atoms with Gasteiger partial charge in [0, 0.05) is 30.4 Å². The number of Topliss-reactive ketones (excluding diaryl/α,β-unsaturated/α-hetero) is 1. The number of hydrogen-bond donors (Lipinski definition) is 6. The van der Waals surface area contributed by atoms with Crippen LogP contribution in [0.4, 0.5) is 11.8 Å². The molecule has 19 heteroatoms. The minimum absolute atomic E-state index is 0.0403. The van der Waals surface area contributed by atoms with Gasteiger partial charge in [-0.25, -0.2) is 15.0 Å². The summed E-state index contributed by atoms with van der Waals surface area (Å²) < 4.78 is 62.3. The fraction of sp³-hybridized carbons (Fsp3) is 0.471. The number of anilines is 2. The molecule has 0 aromatic carbocycles. The Kier molecular flexibility index (Phi) is 10.5. The topological polar surface area (TPSA) is 270 Å². The van der Waals surface area contributed by atoms with Gasteiger partial charge in [-0.1, -0.05) is 0 Å².